The molecule has 4 saturated heterocycles. The zero-order valence-electron chi connectivity index (χ0n) is 31.3. The molecule has 3 aromatic carbocycles. The fraction of sp³-hybridized carbons (Fsp3) is 0.512. The number of carbonyl (C=O) groups is 2. The van der Waals surface area contributed by atoms with Crippen molar-refractivity contribution < 1.29 is 47.5 Å². The minimum Gasteiger partial charge on any atom is -0.490 e. The van der Waals surface area contributed by atoms with E-state index in [0.29, 0.717) is 37.7 Å². The van der Waals surface area contributed by atoms with Crippen molar-refractivity contribution in [1.82, 2.24) is 0 Å². The third kappa shape index (κ3) is 8.44. The molecule has 12 heteroatoms. The van der Waals surface area contributed by atoms with E-state index in [-0.39, 0.29) is 25.4 Å². The Hall–Kier alpha value is -4.68. The van der Waals surface area contributed by atoms with E-state index in [4.69, 9.17) is 37.9 Å². The summed E-state index contributed by atoms with van der Waals surface area (Å²) in [6.07, 6.45) is 1.61. The van der Waals surface area contributed by atoms with Crippen molar-refractivity contribution in [3.63, 3.8) is 0 Å². The number of nitrogens with zero attached hydrogens (tertiary/aromatic N) is 2. The quantitative estimate of drug-likeness (QED) is 0.132. The van der Waals surface area contributed by atoms with Gasteiger partial charge in [0.15, 0.2) is 12.2 Å². The van der Waals surface area contributed by atoms with Gasteiger partial charge in [0, 0.05) is 0 Å². The van der Waals surface area contributed by atoms with Crippen LogP contribution in [0, 0.1) is 6.92 Å². The second kappa shape index (κ2) is 16.1. The molecule has 0 N–H and O–H groups in total. The number of rotatable bonds is 18. The van der Waals surface area contributed by atoms with Gasteiger partial charge in [-0.2, -0.15) is 0 Å². The molecule has 7 rings (SSSR count). The van der Waals surface area contributed by atoms with E-state index in [1.165, 1.54) is 0 Å². The Bertz CT molecular complexity index is 1680. The van der Waals surface area contributed by atoms with E-state index in [0.717, 1.165) is 89.7 Å². The molecule has 2 amide bonds. The molecule has 53 heavy (non-hydrogen) atoms. The van der Waals surface area contributed by atoms with Gasteiger partial charge in [0.25, 0.3) is 0 Å². The average molecular weight is 731 g/mol. The maximum atomic E-state index is 13.2. The van der Waals surface area contributed by atoms with Crippen molar-refractivity contribution in [2.75, 3.05) is 62.5 Å². The fourth-order valence-corrected chi connectivity index (χ4v) is 6.80. The first kappa shape index (κ1) is 36.7. The third-order valence-corrected chi connectivity index (χ3v) is 10.1. The zero-order chi connectivity index (χ0) is 37.1. The van der Waals surface area contributed by atoms with Gasteiger partial charge in [-0.25, -0.2) is 9.59 Å². The predicted octanol–water partition coefficient (Wildman–Crippen LogP) is 6.61. The van der Waals surface area contributed by atoms with Gasteiger partial charge in [0.05, 0.1) is 37.7 Å². The van der Waals surface area contributed by atoms with Crippen LogP contribution < -0.4 is 28.7 Å². The Labute approximate surface area is 311 Å². The summed E-state index contributed by atoms with van der Waals surface area (Å²) < 4.78 is 46.8. The number of benzene rings is 3. The van der Waals surface area contributed by atoms with Crippen molar-refractivity contribution in [2.24, 2.45) is 0 Å². The molecule has 4 aliphatic rings. The summed E-state index contributed by atoms with van der Waals surface area (Å²) in [6, 6.07) is 13.7. The molecule has 4 unspecified atom stereocenters. The van der Waals surface area contributed by atoms with Crippen LogP contribution in [0.3, 0.4) is 0 Å². The van der Waals surface area contributed by atoms with E-state index >= 15 is 0 Å². The summed E-state index contributed by atoms with van der Waals surface area (Å²) in [7, 11) is 0. The molecule has 4 fully saturated rings. The Kier molecular flexibility index (Phi) is 11.2. The summed E-state index contributed by atoms with van der Waals surface area (Å²) >= 11 is 0. The Morgan fingerprint density at radius 2 is 0.887 bits per heavy atom. The van der Waals surface area contributed by atoms with E-state index < -0.39 is 24.4 Å². The van der Waals surface area contributed by atoms with Crippen LogP contribution >= 0.6 is 0 Å². The molecule has 0 aromatic heterocycles. The highest BCUT2D eigenvalue weighted by atomic mass is 16.6. The number of epoxide rings is 2. The first-order chi connectivity index (χ1) is 25.8. The van der Waals surface area contributed by atoms with E-state index in [1.54, 1.807) is 9.80 Å². The molecule has 4 heterocycles. The molecule has 284 valence electrons. The highest BCUT2D eigenvalue weighted by Gasteiger charge is 2.37. The van der Waals surface area contributed by atoms with E-state index in [9.17, 15) is 9.59 Å². The van der Waals surface area contributed by atoms with E-state index in [2.05, 4.69) is 27.7 Å². The monoisotopic (exact) mass is 730 g/mol. The van der Waals surface area contributed by atoms with Gasteiger partial charge in [-0.3, -0.25) is 9.80 Å². The highest BCUT2D eigenvalue weighted by Crippen LogP contribution is 2.36. The Balaban J connectivity index is 0.974. The maximum absolute atomic E-state index is 13.2. The molecule has 0 bridgehead atoms. The van der Waals surface area contributed by atoms with Gasteiger partial charge < -0.3 is 37.9 Å². The van der Waals surface area contributed by atoms with Crippen molar-refractivity contribution in [2.45, 2.75) is 84.7 Å². The van der Waals surface area contributed by atoms with Gasteiger partial charge in [0.1, 0.15) is 61.6 Å². The summed E-state index contributed by atoms with van der Waals surface area (Å²) in [6.45, 7) is 13.8. The van der Waals surface area contributed by atoms with Crippen LogP contribution in [0.15, 0.2) is 42.5 Å². The smallest absolute Gasteiger partial charge is 0.414 e. The van der Waals surface area contributed by atoms with Gasteiger partial charge in [-0.1, -0.05) is 33.8 Å². The van der Waals surface area contributed by atoms with Crippen LogP contribution in [0.25, 0.3) is 0 Å². The highest BCUT2D eigenvalue weighted by molar-refractivity contribution is 5.95. The molecular weight excluding hydrogens is 680 g/mol. The largest absolute Gasteiger partial charge is 0.490 e. The molecule has 12 nitrogen and oxygen atoms in total. The lowest BCUT2D eigenvalue weighted by atomic mass is 10.0. The fourth-order valence-electron chi connectivity index (χ4n) is 6.80. The number of hydrogen-bond donors (Lipinski definition) is 0. The van der Waals surface area contributed by atoms with Crippen molar-refractivity contribution in [3.8, 4) is 23.0 Å². The number of hydrogen-bond acceptors (Lipinski definition) is 10. The summed E-state index contributed by atoms with van der Waals surface area (Å²) in [5.41, 5.74) is 6.27. The van der Waals surface area contributed by atoms with Gasteiger partial charge in [-0.05, 0) is 96.8 Å². The van der Waals surface area contributed by atoms with Crippen LogP contribution in [-0.4, -0.2) is 89.3 Å². The number of amides is 2. The van der Waals surface area contributed by atoms with Crippen molar-refractivity contribution >= 4 is 23.6 Å². The molecule has 3 aromatic rings. The first-order valence-electron chi connectivity index (χ1n) is 18.9. The maximum Gasteiger partial charge on any atom is 0.414 e. The number of carbonyl (C=O) groups excluding carboxylic acids is 2. The van der Waals surface area contributed by atoms with E-state index in [1.807, 2.05) is 49.4 Å². The van der Waals surface area contributed by atoms with Crippen LogP contribution in [0.5, 0.6) is 23.0 Å². The summed E-state index contributed by atoms with van der Waals surface area (Å²) in [5.74, 6) is 3.24. The minimum atomic E-state index is -0.476. The zero-order valence-corrected chi connectivity index (χ0v) is 31.3. The first-order valence-corrected chi connectivity index (χ1v) is 18.9. The van der Waals surface area contributed by atoms with Crippen LogP contribution in [0.4, 0.5) is 21.0 Å². The molecule has 0 saturated carbocycles. The molecule has 4 atom stereocenters. The Morgan fingerprint density at radius 1 is 0.566 bits per heavy atom. The second-order valence-corrected chi connectivity index (χ2v) is 13.9. The average Bonchev–Trinajstić information content (AvgIpc) is 4.11. The second-order valence-electron chi connectivity index (χ2n) is 13.9. The van der Waals surface area contributed by atoms with Crippen molar-refractivity contribution in [3.05, 3.63) is 70.3 Å². The van der Waals surface area contributed by atoms with Crippen LogP contribution in [0.2, 0.25) is 0 Å². The van der Waals surface area contributed by atoms with Gasteiger partial charge >= 0.3 is 12.2 Å². The summed E-state index contributed by atoms with van der Waals surface area (Å²) in [4.78, 5) is 29.6. The Morgan fingerprint density at radius 3 is 1.19 bits per heavy atom. The lowest BCUT2D eigenvalue weighted by molar-refractivity contribution is 0.104. The SMILES string of the molecule is CCc1cc(OCC2CN(c3cccc(N4CC(COc5cc(CC)c(OCC6CO6)cc5CC)OC4=O)c3C)C(=O)O2)c(CC)cc1OCC1CO1. The molecule has 4 aliphatic heterocycles. The standard InChI is InChI=1S/C41H50N2O10/c1-6-26-15-38(50-23-32-21-46-32)28(8-3)13-36(26)48-19-30-17-42(40(44)52-30)34-11-10-12-35(25(34)5)43-18-31(53-41(43)45)20-49-37-14-29(9-4)39(16-27(37)7-2)51-24-33-22-47-33/h10-16,30-33H,6-9,17-24H2,1-5H3. The lowest BCUT2D eigenvalue weighted by Crippen LogP contribution is -2.30. The summed E-state index contributed by atoms with van der Waals surface area (Å²) in [5, 5.41) is 0. The van der Waals surface area contributed by atoms with Crippen molar-refractivity contribution in [1.29, 1.82) is 0 Å². The minimum absolute atomic E-state index is 0.178. The van der Waals surface area contributed by atoms with Gasteiger partial charge in [-0.15, -0.1) is 0 Å². The molecule has 0 aliphatic carbocycles. The number of ether oxygens (including phenoxy) is 8. The third-order valence-electron chi connectivity index (χ3n) is 10.1. The molecule has 0 spiro atoms. The number of anilines is 2. The predicted molar refractivity (Wildman–Crippen MR) is 198 cm³/mol. The normalized spacial score (nSPS) is 21.8. The van der Waals surface area contributed by atoms with Crippen LogP contribution in [0.1, 0.15) is 55.5 Å². The topological polar surface area (TPSA) is 121 Å². The molecular formula is C41H50N2O10. The molecule has 0 radical (unpaired) electrons. The number of aryl methyl sites for hydroxylation is 4. The number of cyclic esters (lactones) is 2. The lowest BCUT2D eigenvalue weighted by Gasteiger charge is -2.22. The van der Waals surface area contributed by atoms with Crippen LogP contribution in [-0.2, 0) is 44.6 Å². The van der Waals surface area contributed by atoms with Gasteiger partial charge in [0.2, 0.25) is 0 Å².